The van der Waals surface area contributed by atoms with Gasteiger partial charge in [0.15, 0.2) is 0 Å². The molecule has 54 heavy (non-hydrogen) atoms. The number of piperidine rings is 1. The van der Waals surface area contributed by atoms with Crippen molar-refractivity contribution in [2.45, 2.75) is 49.5 Å². The van der Waals surface area contributed by atoms with Crippen molar-refractivity contribution in [2.24, 2.45) is 0 Å². The van der Waals surface area contributed by atoms with E-state index < -0.39 is 29.7 Å². The van der Waals surface area contributed by atoms with Crippen molar-refractivity contribution in [3.05, 3.63) is 125 Å². The number of rotatable bonds is 16. The van der Waals surface area contributed by atoms with Gasteiger partial charge in [-0.3, -0.25) is 34.2 Å². The van der Waals surface area contributed by atoms with Crippen LogP contribution in [-0.2, 0) is 14.4 Å². The number of nitrogens with zero attached hydrogens (tertiary/aromatic N) is 1. The molecular weight excluding hydrogens is 726 g/mol. The third-order valence-corrected chi connectivity index (χ3v) is 10.6. The summed E-state index contributed by atoms with van der Waals surface area (Å²) in [5, 5.41) is 15.0. The molecule has 0 aliphatic carbocycles. The molecule has 0 radical (unpaired) electrons. The molecule has 2 aliphatic heterocycles. The molecule has 2 heterocycles. The predicted octanol–water partition coefficient (Wildman–Crippen LogP) is 6.84. The molecule has 2 aliphatic rings. The Morgan fingerprint density at radius 1 is 0.852 bits per heavy atom. The smallest absolute Gasteiger partial charge is 0.263 e. The summed E-state index contributed by atoms with van der Waals surface area (Å²) in [5.74, 6) is -0.257. The fourth-order valence-electron chi connectivity index (χ4n) is 6.63. The molecule has 10 nitrogen and oxygen atoms in total. The highest BCUT2D eigenvalue weighted by atomic mass is 35.5. The summed E-state index contributed by atoms with van der Waals surface area (Å²) in [6.07, 6.45) is 2.51. The number of aromatic hydroxyl groups is 1. The Kier molecular flexibility index (Phi) is 12.8. The number of carbonyl (C=O) groups is 5. The standard InChI is InChI=1S/C42H40ClN3O7S/c43-23-22-32(27-7-2-1-3-8-27)38(28-12-16-30(47)17-13-28)29-14-18-31(19-15-29)53-25-24-44-36(48)11-4-5-26-54-35-10-6-9-33-39(35)42(52)46(41(33)51)34-20-21-37(49)45-40(34)50/h1-3,6-10,12-19,34,47H,4-5,11,20-26H2,(H,44,48)(H,45,49,50). The van der Waals surface area contributed by atoms with Crippen LogP contribution < -0.4 is 15.4 Å². The lowest BCUT2D eigenvalue weighted by Crippen LogP contribution is -2.54. The van der Waals surface area contributed by atoms with Crippen molar-refractivity contribution in [3.8, 4) is 11.5 Å². The zero-order valence-corrected chi connectivity index (χ0v) is 31.1. The molecule has 0 aromatic heterocycles. The average Bonchev–Trinajstić information content (AvgIpc) is 3.43. The van der Waals surface area contributed by atoms with Crippen LogP contribution in [0.15, 0.2) is 102 Å². The van der Waals surface area contributed by atoms with Crippen LogP contribution in [-0.4, -0.2) is 70.4 Å². The normalized spacial score (nSPS) is 15.8. The summed E-state index contributed by atoms with van der Waals surface area (Å²) >= 11 is 7.70. The second-order valence-corrected chi connectivity index (χ2v) is 14.4. The van der Waals surface area contributed by atoms with Crippen molar-refractivity contribution in [3.63, 3.8) is 0 Å². The summed E-state index contributed by atoms with van der Waals surface area (Å²) in [4.78, 5) is 64.5. The molecule has 5 amide bonds. The molecule has 1 saturated heterocycles. The Bertz CT molecular complexity index is 2050. The van der Waals surface area contributed by atoms with Crippen molar-refractivity contribution in [1.29, 1.82) is 0 Å². The molecule has 12 heteroatoms. The third kappa shape index (κ3) is 9.03. The highest BCUT2D eigenvalue weighted by Crippen LogP contribution is 2.37. The van der Waals surface area contributed by atoms with E-state index in [0.717, 1.165) is 32.7 Å². The Hall–Kier alpha value is -5.39. The number of amides is 5. The van der Waals surface area contributed by atoms with E-state index in [2.05, 4.69) is 22.8 Å². The van der Waals surface area contributed by atoms with Gasteiger partial charge < -0.3 is 15.2 Å². The van der Waals surface area contributed by atoms with Gasteiger partial charge in [0.2, 0.25) is 17.7 Å². The lowest BCUT2D eigenvalue weighted by molar-refractivity contribution is -0.136. The van der Waals surface area contributed by atoms with Crippen LogP contribution in [0.25, 0.3) is 11.1 Å². The van der Waals surface area contributed by atoms with Crippen molar-refractivity contribution < 1.29 is 33.8 Å². The van der Waals surface area contributed by atoms with E-state index in [1.165, 1.54) is 11.8 Å². The van der Waals surface area contributed by atoms with Gasteiger partial charge in [-0.25, -0.2) is 0 Å². The molecule has 1 atom stereocenters. The number of carbonyl (C=O) groups excluding carboxylic acids is 5. The number of fused-ring (bicyclic) bond motifs is 1. The molecule has 1 fully saturated rings. The minimum absolute atomic E-state index is 0.0645. The SMILES string of the molecule is O=C(CCCCSc1cccc2c1C(=O)N(C1CCC(=O)NC1=O)C2=O)NCCOc1ccc(C(=C(CCCl)c2ccccc2)c2ccc(O)cc2)cc1. The van der Waals surface area contributed by atoms with Gasteiger partial charge in [-0.2, -0.15) is 0 Å². The zero-order valence-electron chi connectivity index (χ0n) is 29.5. The number of hydrogen-bond donors (Lipinski definition) is 3. The number of phenols is 1. The fourth-order valence-corrected chi connectivity index (χ4v) is 7.90. The number of phenolic OH excluding ortho intramolecular Hbond substituents is 1. The second-order valence-electron chi connectivity index (χ2n) is 12.9. The topological polar surface area (TPSA) is 142 Å². The minimum Gasteiger partial charge on any atom is -0.508 e. The van der Waals surface area contributed by atoms with Crippen molar-refractivity contribution in [1.82, 2.24) is 15.5 Å². The van der Waals surface area contributed by atoms with Gasteiger partial charge in [-0.1, -0.05) is 60.7 Å². The van der Waals surface area contributed by atoms with Crippen molar-refractivity contribution >= 4 is 64.0 Å². The molecule has 6 rings (SSSR count). The van der Waals surface area contributed by atoms with Crippen LogP contribution in [0.3, 0.4) is 0 Å². The Morgan fingerprint density at radius 2 is 1.57 bits per heavy atom. The maximum Gasteiger partial charge on any atom is 0.263 e. The first-order chi connectivity index (χ1) is 26.2. The van der Waals surface area contributed by atoms with E-state index in [0.29, 0.717) is 61.1 Å². The first-order valence-electron chi connectivity index (χ1n) is 17.9. The maximum absolute atomic E-state index is 13.3. The van der Waals surface area contributed by atoms with Crippen LogP contribution in [0, 0.1) is 0 Å². The Labute approximate surface area is 322 Å². The third-order valence-electron chi connectivity index (χ3n) is 9.25. The first-order valence-corrected chi connectivity index (χ1v) is 19.4. The van der Waals surface area contributed by atoms with Crippen LogP contribution in [0.2, 0.25) is 0 Å². The number of imide groups is 2. The summed E-state index contributed by atoms with van der Waals surface area (Å²) in [5.41, 5.74) is 5.66. The lowest BCUT2D eigenvalue weighted by atomic mass is 9.88. The van der Waals surface area contributed by atoms with Crippen LogP contribution in [0.1, 0.15) is 75.9 Å². The van der Waals surface area contributed by atoms with Crippen LogP contribution >= 0.6 is 23.4 Å². The number of benzene rings is 4. The number of ether oxygens (including phenoxy) is 1. The number of hydrogen-bond acceptors (Lipinski definition) is 8. The van der Waals surface area contributed by atoms with E-state index in [4.69, 9.17) is 16.3 Å². The van der Waals surface area contributed by atoms with Gasteiger partial charge in [0.1, 0.15) is 24.1 Å². The minimum atomic E-state index is -1.01. The molecule has 1 unspecified atom stereocenters. The number of halogens is 1. The van der Waals surface area contributed by atoms with E-state index in [9.17, 15) is 29.1 Å². The maximum atomic E-state index is 13.3. The molecule has 0 bridgehead atoms. The fraction of sp³-hybridized carbons (Fsp3) is 0.262. The van der Waals surface area contributed by atoms with Crippen LogP contribution in [0.4, 0.5) is 0 Å². The van der Waals surface area contributed by atoms with E-state index >= 15 is 0 Å². The number of unbranched alkanes of at least 4 members (excludes halogenated alkanes) is 1. The van der Waals surface area contributed by atoms with Gasteiger partial charge in [0.05, 0.1) is 17.7 Å². The predicted molar refractivity (Wildman–Crippen MR) is 208 cm³/mol. The van der Waals surface area contributed by atoms with Crippen LogP contribution in [0.5, 0.6) is 11.5 Å². The highest BCUT2D eigenvalue weighted by molar-refractivity contribution is 7.99. The second kappa shape index (κ2) is 18.1. The average molecular weight is 766 g/mol. The van der Waals surface area contributed by atoms with Gasteiger partial charge >= 0.3 is 0 Å². The van der Waals surface area contributed by atoms with Gasteiger partial charge in [0.25, 0.3) is 11.8 Å². The lowest BCUT2D eigenvalue weighted by Gasteiger charge is -2.27. The number of nitrogens with one attached hydrogen (secondary N) is 2. The van der Waals surface area contributed by atoms with Gasteiger partial charge in [0, 0.05) is 23.6 Å². The summed E-state index contributed by atoms with van der Waals surface area (Å²) in [6, 6.07) is 29.1. The van der Waals surface area contributed by atoms with E-state index in [1.807, 2.05) is 54.6 Å². The molecular formula is C42H40ClN3O7S. The number of allylic oxidation sites excluding steroid dienone is 1. The van der Waals surface area contributed by atoms with E-state index in [-0.39, 0.29) is 35.6 Å². The largest absolute Gasteiger partial charge is 0.508 e. The molecule has 0 spiro atoms. The Balaban J connectivity index is 0.960. The summed E-state index contributed by atoms with van der Waals surface area (Å²) in [7, 11) is 0. The van der Waals surface area contributed by atoms with E-state index in [1.54, 1.807) is 30.3 Å². The zero-order chi connectivity index (χ0) is 38.0. The Morgan fingerprint density at radius 3 is 2.28 bits per heavy atom. The van der Waals surface area contributed by atoms with Gasteiger partial charge in [-0.15, -0.1) is 23.4 Å². The quantitative estimate of drug-likeness (QED) is 0.0370. The molecule has 4 aromatic carbocycles. The van der Waals surface area contributed by atoms with Crippen molar-refractivity contribution in [2.75, 3.05) is 24.8 Å². The summed E-state index contributed by atoms with van der Waals surface area (Å²) in [6.45, 7) is 0.642. The monoisotopic (exact) mass is 765 g/mol. The first kappa shape index (κ1) is 38.3. The number of thioether (sulfide) groups is 1. The molecule has 4 aromatic rings. The molecule has 0 saturated carbocycles. The number of alkyl halides is 1. The molecule has 3 N–H and O–H groups in total. The molecule has 278 valence electrons. The summed E-state index contributed by atoms with van der Waals surface area (Å²) < 4.78 is 5.93. The highest BCUT2D eigenvalue weighted by Gasteiger charge is 2.45. The van der Waals surface area contributed by atoms with Gasteiger partial charge in [-0.05, 0) is 95.7 Å².